The van der Waals surface area contributed by atoms with Gasteiger partial charge in [-0.25, -0.2) is 88.0 Å². The predicted octanol–water partition coefficient (Wildman–Crippen LogP) is 15.1. The molecule has 0 saturated heterocycles. The monoisotopic (exact) mass is 1560 g/mol. The van der Waals surface area contributed by atoms with Crippen LogP contribution < -0.4 is 50.6 Å². The molecular formula is C90H56N10O18. The fourth-order valence-electron chi connectivity index (χ4n) is 13.9. The first-order valence-electron chi connectivity index (χ1n) is 37.0. The lowest BCUT2D eigenvalue weighted by Gasteiger charge is -2.19. The first-order valence-corrected chi connectivity index (χ1v) is 37.0. The zero-order chi connectivity index (χ0) is 80.5. The molecule has 10 aromatic carbocycles. The number of aromatic nitrogens is 10. The van der Waals surface area contributed by atoms with Gasteiger partial charge in [0.25, 0.3) is 0 Å². The Morgan fingerprint density at radius 2 is 0.432 bits per heavy atom. The van der Waals surface area contributed by atoms with Gasteiger partial charge < -0.3 is 44.7 Å². The minimum absolute atomic E-state index is 0.0214. The molecule has 2 atom stereocenters. The van der Waals surface area contributed by atoms with Crippen LogP contribution >= 0.6 is 0 Å². The van der Waals surface area contributed by atoms with Crippen molar-refractivity contribution in [2.24, 2.45) is 0 Å². The molecule has 20 aromatic rings. The van der Waals surface area contributed by atoms with Crippen molar-refractivity contribution in [1.82, 2.24) is 49.8 Å². The summed E-state index contributed by atoms with van der Waals surface area (Å²) in [5.41, 5.74) is 1.84. The highest BCUT2D eigenvalue weighted by molar-refractivity contribution is 5.86. The maximum atomic E-state index is 13.1. The van der Waals surface area contributed by atoms with Crippen LogP contribution in [0.5, 0.6) is 0 Å². The van der Waals surface area contributed by atoms with Gasteiger partial charge in [-0.05, 0) is 165 Å². The fourth-order valence-corrected chi connectivity index (χ4v) is 13.9. The van der Waals surface area contributed by atoms with E-state index >= 15 is 0 Å². The molecule has 118 heavy (non-hydrogen) atoms. The summed E-state index contributed by atoms with van der Waals surface area (Å²) in [6.07, 6.45) is 2.05. The summed E-state index contributed by atoms with van der Waals surface area (Å²) in [5, 5.41) is 3.31. The van der Waals surface area contributed by atoms with E-state index in [0.29, 0.717) is 152 Å². The van der Waals surface area contributed by atoms with Crippen molar-refractivity contribution < 1.29 is 39.8 Å². The molecule has 28 heteroatoms. The molecule has 1 N–H and O–H groups in total. The fraction of sp³-hybridized carbons (Fsp3) is 0.0889. The van der Waals surface area contributed by atoms with Crippen LogP contribution in [0.25, 0.3) is 156 Å². The van der Waals surface area contributed by atoms with Crippen molar-refractivity contribution in [1.29, 1.82) is 0 Å². The Morgan fingerprint density at radius 1 is 0.220 bits per heavy atom. The average molecular weight is 1570 g/mol. The highest BCUT2D eigenvalue weighted by Gasteiger charge is 2.27. The quantitative estimate of drug-likeness (QED) is 0.0938. The summed E-state index contributed by atoms with van der Waals surface area (Å²) in [7, 11) is 0. The molecule has 28 nitrogen and oxygen atoms in total. The van der Waals surface area contributed by atoms with Crippen molar-refractivity contribution in [3.05, 3.63) is 366 Å². The van der Waals surface area contributed by atoms with Crippen LogP contribution in [0, 0.1) is 0 Å². The molecule has 0 spiro atoms. The Morgan fingerprint density at radius 3 is 0.703 bits per heavy atom. The van der Waals surface area contributed by atoms with E-state index in [1.165, 1.54) is 0 Å². The molecule has 574 valence electrons. The number of nitrogens with one attached hydrogen (secondary N) is 1. The summed E-state index contributed by atoms with van der Waals surface area (Å²) in [6.45, 7) is 0. The maximum absolute atomic E-state index is 13.1. The third kappa shape index (κ3) is 15.0. The molecule has 10 heterocycles. The lowest BCUT2D eigenvalue weighted by Crippen LogP contribution is -2.15. The summed E-state index contributed by atoms with van der Waals surface area (Å²) < 4.78 is 50.0. The van der Waals surface area contributed by atoms with Crippen LogP contribution in [-0.2, 0) is 12.8 Å². The molecule has 0 radical (unpaired) electrons. The molecule has 0 amide bonds. The Kier molecular flexibility index (Phi) is 19.5. The van der Waals surface area contributed by atoms with Crippen LogP contribution in [0.15, 0.2) is 332 Å². The molecule has 0 fully saturated rings. The van der Waals surface area contributed by atoms with Gasteiger partial charge in [0.2, 0.25) is 41.2 Å². The molecule has 0 aliphatic rings. The summed E-state index contributed by atoms with van der Waals surface area (Å²) in [4.78, 5) is 158. The highest BCUT2D eigenvalue weighted by atomic mass is 16.4. The zero-order valence-corrected chi connectivity index (χ0v) is 61.4. The number of fused-ring (bicyclic) bond motifs is 9. The van der Waals surface area contributed by atoms with Gasteiger partial charge in [-0.15, -0.1) is 0 Å². The number of rotatable bonds is 16. The first-order chi connectivity index (χ1) is 57.6. The molecule has 0 aliphatic heterocycles. The lowest BCUT2D eigenvalue weighted by atomic mass is 9.89. The third-order valence-electron chi connectivity index (χ3n) is 19.7. The molecule has 0 aliphatic carbocycles. The van der Waals surface area contributed by atoms with Gasteiger partial charge in [-0.3, -0.25) is 0 Å². The van der Waals surface area contributed by atoms with Crippen LogP contribution in [0.1, 0.15) is 61.1 Å². The van der Waals surface area contributed by atoms with Crippen molar-refractivity contribution in [3.8, 4) is 57.5 Å². The Hall–Kier alpha value is -16.3. The van der Waals surface area contributed by atoms with Gasteiger partial charge in [-0.1, -0.05) is 109 Å². The maximum Gasteiger partial charge on any atom is 0.347 e. The lowest BCUT2D eigenvalue weighted by molar-refractivity contribution is 0.328. The van der Waals surface area contributed by atoms with Crippen LogP contribution in [0.3, 0.4) is 0 Å². The highest BCUT2D eigenvalue weighted by Crippen LogP contribution is 2.36. The molecule has 0 saturated carbocycles. The summed E-state index contributed by atoms with van der Waals surface area (Å²) in [6, 6.07) is 70.4. The van der Waals surface area contributed by atoms with Crippen molar-refractivity contribution in [2.45, 2.75) is 50.4 Å². The van der Waals surface area contributed by atoms with Gasteiger partial charge in [0.15, 0.2) is 11.8 Å². The van der Waals surface area contributed by atoms with Gasteiger partial charge in [0, 0.05) is 41.4 Å². The van der Waals surface area contributed by atoms with Crippen molar-refractivity contribution in [2.75, 3.05) is 0 Å². The zero-order valence-electron chi connectivity index (χ0n) is 61.4. The van der Waals surface area contributed by atoms with E-state index in [1.54, 1.807) is 249 Å². The summed E-state index contributed by atoms with van der Waals surface area (Å²) in [5.74, 6) is 0.405. The molecule has 10 aromatic heterocycles. The number of nitrogens with zero attached hydrogens (tertiary/aromatic N) is 9. The third-order valence-corrected chi connectivity index (χ3v) is 19.7. The normalized spacial score (nSPS) is 12.0. The number of aromatic amines is 1. The minimum atomic E-state index is -0.562. The van der Waals surface area contributed by atoms with E-state index in [2.05, 4.69) is 39.9 Å². The first kappa shape index (κ1) is 73.2. The van der Waals surface area contributed by atoms with E-state index in [1.807, 2.05) is 0 Å². The predicted molar refractivity (Wildman–Crippen MR) is 436 cm³/mol. The van der Waals surface area contributed by atoms with Crippen LogP contribution in [0.4, 0.5) is 0 Å². The number of benzene rings is 10. The minimum Gasteiger partial charge on any atom is -0.408 e. The number of H-pyrrole nitrogens is 1. The second-order valence-corrected chi connectivity index (χ2v) is 27.3. The molecular weight excluding hydrogens is 1510 g/mol. The van der Waals surface area contributed by atoms with E-state index in [9.17, 15) is 43.2 Å². The topological polar surface area (TPSA) is 404 Å². The van der Waals surface area contributed by atoms with E-state index in [4.69, 9.17) is 49.7 Å². The largest absolute Gasteiger partial charge is 0.408 e. The average Bonchev–Trinajstić information content (AvgIpc) is 0.888. The second-order valence-electron chi connectivity index (χ2n) is 27.3. The number of hydrogen-bond donors (Lipinski definition) is 1. The second kappa shape index (κ2) is 31.4. The van der Waals surface area contributed by atoms with Gasteiger partial charge in [-0.2, -0.15) is 0 Å². The number of hydrogen-bond acceptors (Lipinski definition) is 27. The van der Waals surface area contributed by atoms with E-state index in [0.717, 1.165) is 0 Å². The van der Waals surface area contributed by atoms with Gasteiger partial charge >= 0.3 is 50.6 Å². The van der Waals surface area contributed by atoms with E-state index in [-0.39, 0.29) is 65.9 Å². The van der Waals surface area contributed by atoms with E-state index < -0.39 is 62.5 Å². The molecule has 20 rings (SSSR count). The number of para-hydroxylation sites is 9. The van der Waals surface area contributed by atoms with Crippen molar-refractivity contribution in [3.63, 3.8) is 0 Å². The standard InChI is InChI=1S/C40H30N4O8.C30H15N3O6.C20H11N3O4/c45-37-25-9-1-5-13-29(25)41-33(49-37)21-19-23(35-43-31-15-7-3-11-27(31)39(47)51-35)17-18-24(36-44-32-16-8-4-12-28(32)40(48)52-36)20-22-34-42-30-14-6-2-10-26(30)38(46)50-34;34-28-19-7-1-4-10-22(19)31-25(37-28)16-13-17(26-32-23-11-5-2-8-20(23)29(35)38-26)15-18(14-16)27-33-24-12-6-3-9-21(24)30(36)39-27;24-19-11-5-1-3-7-13(11)22-17(26-19)15-9-10-16(21-15)18-23-14-8-4-2-6-12(14)20(25)27-18/h1-16,23-24H,17-22H2;1-15H;1-10,21H. The summed E-state index contributed by atoms with van der Waals surface area (Å²) >= 11 is 0. The van der Waals surface area contributed by atoms with Crippen LogP contribution in [0.2, 0.25) is 0 Å². The van der Waals surface area contributed by atoms with Crippen LogP contribution in [-0.4, -0.2) is 49.8 Å². The van der Waals surface area contributed by atoms with Gasteiger partial charge in [0.05, 0.1) is 98.1 Å². The van der Waals surface area contributed by atoms with Crippen molar-refractivity contribution >= 4 is 98.1 Å². The Balaban J connectivity index is 0.000000128. The smallest absolute Gasteiger partial charge is 0.347 e. The Bertz CT molecular complexity index is 7410. The number of aryl methyl sites for hydroxylation is 2. The molecule has 2 unspecified atom stereocenters. The molecule has 0 bridgehead atoms. The SMILES string of the molecule is O=c1oc(-c2cc(-c3nc4ccccc4c(=O)o3)cc(-c3nc4ccccc4c(=O)o3)c2)nc2ccccc12.O=c1oc(-c2ccc(-c3nc4ccccc4c(=O)o3)[nH]2)nc2ccccc12.O=c1oc(CCC(CCC(CCc2nc3ccccc3c(=O)o2)c2nc3ccccc3c(=O)o2)c2nc3ccccc3c(=O)o2)nc2ccccc12. The van der Waals surface area contributed by atoms with Gasteiger partial charge in [0.1, 0.15) is 11.4 Å². The Labute approximate surface area is 658 Å².